The van der Waals surface area contributed by atoms with Crippen LogP contribution in [0.3, 0.4) is 0 Å². The highest BCUT2D eigenvalue weighted by molar-refractivity contribution is 5.82. The molecule has 0 aromatic rings. The topological polar surface area (TPSA) is 61.5 Å². The predicted octanol–water partition coefficient (Wildman–Crippen LogP) is 0.0574. The summed E-state index contributed by atoms with van der Waals surface area (Å²) in [5.41, 5.74) is 5.04. The molecule has 2 N–H and O–H groups in total. The van der Waals surface area contributed by atoms with E-state index in [1.165, 1.54) is 7.11 Å². The fourth-order valence-electron chi connectivity index (χ4n) is 2.34. The van der Waals surface area contributed by atoms with E-state index >= 15 is 0 Å². The van der Waals surface area contributed by atoms with Gasteiger partial charge in [0.15, 0.2) is 0 Å². The van der Waals surface area contributed by atoms with Gasteiger partial charge < -0.3 is 15.2 Å². The van der Waals surface area contributed by atoms with Gasteiger partial charge in [0.25, 0.3) is 0 Å². The fraction of sp³-hybridized carbons (Fsp3) is 0.889. The third-order valence-electron chi connectivity index (χ3n) is 3.51. The highest BCUT2D eigenvalue weighted by Crippen LogP contribution is 2.52. The Morgan fingerprint density at radius 1 is 1.46 bits per heavy atom. The largest absolute Gasteiger partial charge is 0.468 e. The van der Waals surface area contributed by atoms with E-state index in [1.54, 1.807) is 0 Å². The lowest BCUT2D eigenvalue weighted by Crippen LogP contribution is -2.63. The van der Waals surface area contributed by atoms with Crippen molar-refractivity contribution in [1.29, 1.82) is 0 Å². The maximum Gasteiger partial charge on any atom is 0.328 e. The average molecular weight is 185 g/mol. The van der Waals surface area contributed by atoms with Crippen LogP contribution < -0.4 is 5.73 Å². The summed E-state index contributed by atoms with van der Waals surface area (Å²) in [6, 6.07) is 0. The van der Waals surface area contributed by atoms with Gasteiger partial charge >= 0.3 is 5.97 Å². The zero-order valence-corrected chi connectivity index (χ0v) is 7.84. The number of hydrogen-bond acceptors (Lipinski definition) is 4. The van der Waals surface area contributed by atoms with Gasteiger partial charge in [0.1, 0.15) is 5.54 Å². The normalized spacial score (nSPS) is 35.8. The van der Waals surface area contributed by atoms with Gasteiger partial charge in [-0.05, 0) is 12.8 Å². The van der Waals surface area contributed by atoms with Crippen molar-refractivity contribution in [2.75, 3.05) is 20.3 Å². The molecule has 1 heterocycles. The van der Waals surface area contributed by atoms with Crippen molar-refractivity contribution in [3.05, 3.63) is 0 Å². The Morgan fingerprint density at radius 2 is 2.15 bits per heavy atom. The van der Waals surface area contributed by atoms with Crippen molar-refractivity contribution in [3.63, 3.8) is 0 Å². The molecule has 2 rings (SSSR count). The van der Waals surface area contributed by atoms with Crippen molar-refractivity contribution in [2.45, 2.75) is 24.8 Å². The van der Waals surface area contributed by atoms with Crippen molar-refractivity contribution in [1.82, 2.24) is 0 Å². The third-order valence-corrected chi connectivity index (χ3v) is 3.51. The Balaban J connectivity index is 2.24. The number of esters is 1. The van der Waals surface area contributed by atoms with E-state index < -0.39 is 5.54 Å². The van der Waals surface area contributed by atoms with Gasteiger partial charge in [-0.15, -0.1) is 0 Å². The molecule has 1 aliphatic carbocycles. The maximum atomic E-state index is 11.5. The van der Waals surface area contributed by atoms with Crippen LogP contribution in [0.2, 0.25) is 0 Å². The highest BCUT2D eigenvalue weighted by Gasteiger charge is 2.61. The first-order valence-corrected chi connectivity index (χ1v) is 4.60. The molecule has 1 atom stereocenters. The quantitative estimate of drug-likeness (QED) is 0.587. The van der Waals surface area contributed by atoms with E-state index in [9.17, 15) is 4.79 Å². The lowest BCUT2D eigenvalue weighted by atomic mass is 9.59. The molecule has 4 heteroatoms. The minimum atomic E-state index is -0.889. The van der Waals surface area contributed by atoms with Crippen molar-refractivity contribution in [2.24, 2.45) is 11.1 Å². The Bertz CT molecular complexity index is 237. The van der Waals surface area contributed by atoms with E-state index in [0.717, 1.165) is 19.3 Å². The minimum absolute atomic E-state index is 0.125. The predicted molar refractivity (Wildman–Crippen MR) is 46.0 cm³/mol. The summed E-state index contributed by atoms with van der Waals surface area (Å²) in [6.45, 7) is 0.915. The van der Waals surface area contributed by atoms with Crippen LogP contribution in [-0.2, 0) is 14.3 Å². The molecule has 1 saturated carbocycles. The van der Waals surface area contributed by atoms with Crippen LogP contribution in [0.4, 0.5) is 0 Å². The third kappa shape index (κ3) is 0.957. The van der Waals surface area contributed by atoms with Gasteiger partial charge in [0.05, 0.1) is 20.3 Å². The molecule has 0 aromatic carbocycles. The molecule has 13 heavy (non-hydrogen) atoms. The SMILES string of the molecule is COC(=O)C1(N)COCC12CCC2. The number of ether oxygens (including phenoxy) is 2. The fourth-order valence-corrected chi connectivity index (χ4v) is 2.34. The summed E-state index contributed by atoms with van der Waals surface area (Å²) >= 11 is 0. The van der Waals surface area contributed by atoms with Gasteiger partial charge in [0, 0.05) is 5.41 Å². The summed E-state index contributed by atoms with van der Waals surface area (Å²) in [5.74, 6) is -0.329. The maximum absolute atomic E-state index is 11.5. The first-order chi connectivity index (χ1) is 6.15. The molecule has 1 saturated heterocycles. The molecule has 1 aliphatic heterocycles. The molecule has 0 amide bonds. The van der Waals surface area contributed by atoms with Gasteiger partial charge in [-0.25, -0.2) is 4.79 Å². The van der Waals surface area contributed by atoms with E-state index in [1.807, 2.05) is 0 Å². The number of hydrogen-bond donors (Lipinski definition) is 1. The summed E-state index contributed by atoms with van der Waals surface area (Å²) in [7, 11) is 1.38. The van der Waals surface area contributed by atoms with Crippen LogP contribution in [0.5, 0.6) is 0 Å². The molecular weight excluding hydrogens is 170 g/mol. The monoisotopic (exact) mass is 185 g/mol. The molecule has 1 unspecified atom stereocenters. The number of carbonyl (C=O) groups is 1. The lowest BCUT2D eigenvalue weighted by molar-refractivity contribution is -0.153. The van der Waals surface area contributed by atoms with Crippen LogP contribution in [0, 0.1) is 5.41 Å². The zero-order chi connectivity index (χ0) is 9.53. The Morgan fingerprint density at radius 3 is 2.62 bits per heavy atom. The van der Waals surface area contributed by atoms with Crippen LogP contribution in [0.25, 0.3) is 0 Å². The number of rotatable bonds is 1. The summed E-state index contributed by atoms with van der Waals surface area (Å²) < 4.78 is 10.0. The summed E-state index contributed by atoms with van der Waals surface area (Å²) in [5, 5.41) is 0. The standard InChI is InChI=1S/C9H15NO3/c1-12-7(11)9(10)6-13-5-8(9)3-2-4-8/h2-6,10H2,1H3. The molecule has 0 bridgehead atoms. The van der Waals surface area contributed by atoms with Gasteiger partial charge in [-0.3, -0.25) is 0 Å². The zero-order valence-electron chi connectivity index (χ0n) is 7.84. The summed E-state index contributed by atoms with van der Waals surface area (Å²) in [4.78, 5) is 11.5. The number of methoxy groups -OCH3 is 1. The van der Waals surface area contributed by atoms with Crippen LogP contribution in [0.15, 0.2) is 0 Å². The van der Waals surface area contributed by atoms with E-state index in [4.69, 9.17) is 15.2 Å². The first kappa shape index (κ1) is 8.97. The van der Waals surface area contributed by atoms with Crippen LogP contribution in [0.1, 0.15) is 19.3 Å². The molecular formula is C9H15NO3. The molecule has 2 aliphatic rings. The number of carbonyl (C=O) groups excluding carboxylic acids is 1. The highest BCUT2D eigenvalue weighted by atomic mass is 16.5. The van der Waals surface area contributed by atoms with E-state index in [2.05, 4.69) is 0 Å². The Hall–Kier alpha value is -0.610. The van der Waals surface area contributed by atoms with Crippen LogP contribution >= 0.6 is 0 Å². The minimum Gasteiger partial charge on any atom is -0.468 e. The smallest absolute Gasteiger partial charge is 0.328 e. The van der Waals surface area contributed by atoms with Crippen molar-refractivity contribution < 1.29 is 14.3 Å². The molecule has 0 aromatic heterocycles. The molecule has 74 valence electrons. The number of nitrogens with two attached hydrogens (primary N) is 1. The van der Waals surface area contributed by atoms with Gasteiger partial charge in [0.2, 0.25) is 0 Å². The van der Waals surface area contributed by atoms with Crippen molar-refractivity contribution in [3.8, 4) is 0 Å². The van der Waals surface area contributed by atoms with E-state index in [0.29, 0.717) is 13.2 Å². The van der Waals surface area contributed by atoms with Gasteiger partial charge in [-0.2, -0.15) is 0 Å². The lowest BCUT2D eigenvalue weighted by Gasteiger charge is -2.46. The van der Waals surface area contributed by atoms with Gasteiger partial charge in [-0.1, -0.05) is 6.42 Å². The second kappa shape index (κ2) is 2.69. The van der Waals surface area contributed by atoms with E-state index in [-0.39, 0.29) is 11.4 Å². The second-order valence-corrected chi connectivity index (χ2v) is 4.09. The Labute approximate surface area is 77.4 Å². The summed E-state index contributed by atoms with van der Waals surface area (Å²) in [6.07, 6.45) is 3.11. The van der Waals surface area contributed by atoms with Crippen molar-refractivity contribution >= 4 is 5.97 Å². The molecule has 0 radical (unpaired) electrons. The molecule has 4 nitrogen and oxygen atoms in total. The first-order valence-electron chi connectivity index (χ1n) is 4.60. The second-order valence-electron chi connectivity index (χ2n) is 4.09. The molecule has 1 spiro atoms. The Kier molecular flexibility index (Phi) is 1.85. The average Bonchev–Trinajstić information content (AvgIpc) is 2.42. The van der Waals surface area contributed by atoms with Crippen LogP contribution in [-0.4, -0.2) is 31.8 Å². The molecule has 2 fully saturated rings.